The predicted molar refractivity (Wildman–Crippen MR) is 97.3 cm³/mol. The lowest BCUT2D eigenvalue weighted by Crippen LogP contribution is -2.26. The first-order valence-corrected chi connectivity index (χ1v) is 8.43. The Morgan fingerprint density at radius 1 is 1.40 bits per heavy atom. The number of halogens is 1. The minimum absolute atomic E-state index is 0.153. The van der Waals surface area contributed by atoms with Crippen LogP contribution >= 0.6 is 11.6 Å². The Hall–Kier alpha value is -2.21. The number of carbonyl (C=O) groups excluding carboxylic acids is 1. The number of methoxy groups -OCH3 is 1. The highest BCUT2D eigenvalue weighted by Gasteiger charge is 2.19. The van der Waals surface area contributed by atoms with Gasteiger partial charge in [-0.05, 0) is 18.1 Å². The van der Waals surface area contributed by atoms with E-state index in [9.17, 15) is 4.79 Å². The molecule has 6 nitrogen and oxygen atoms in total. The maximum absolute atomic E-state index is 12.7. The van der Waals surface area contributed by atoms with Gasteiger partial charge in [0.25, 0.3) is 5.91 Å². The van der Waals surface area contributed by atoms with Crippen molar-refractivity contribution < 1.29 is 14.3 Å². The molecule has 2 aromatic rings. The highest BCUT2D eigenvalue weighted by atomic mass is 35.5. The number of hydrogen-bond acceptors (Lipinski definition) is 4. The topological polar surface area (TPSA) is 56.6 Å². The molecule has 1 heterocycles. The quantitative estimate of drug-likeness (QED) is 0.754. The zero-order valence-electron chi connectivity index (χ0n) is 15.2. The van der Waals surface area contributed by atoms with E-state index in [2.05, 4.69) is 5.10 Å². The van der Waals surface area contributed by atoms with Crippen molar-refractivity contribution in [1.29, 1.82) is 0 Å². The molecule has 25 heavy (non-hydrogen) atoms. The molecule has 7 heteroatoms. The lowest BCUT2D eigenvalue weighted by atomic mass is 10.1. The summed E-state index contributed by atoms with van der Waals surface area (Å²) in [4.78, 5) is 14.3. The third-order valence-electron chi connectivity index (χ3n) is 3.56. The molecule has 1 amide bonds. The molecule has 136 valence electrons. The van der Waals surface area contributed by atoms with Crippen LogP contribution in [0.3, 0.4) is 0 Å². The van der Waals surface area contributed by atoms with Gasteiger partial charge in [0.15, 0.2) is 11.5 Å². The van der Waals surface area contributed by atoms with Crippen molar-refractivity contribution in [2.45, 2.75) is 20.4 Å². The zero-order chi connectivity index (χ0) is 18.6. The van der Waals surface area contributed by atoms with Gasteiger partial charge in [0, 0.05) is 38.0 Å². The van der Waals surface area contributed by atoms with Crippen molar-refractivity contribution in [3.63, 3.8) is 0 Å². The number of benzene rings is 1. The van der Waals surface area contributed by atoms with Crippen molar-refractivity contribution in [3.8, 4) is 11.5 Å². The van der Waals surface area contributed by atoms with Gasteiger partial charge in [-0.25, -0.2) is 0 Å². The second-order valence-electron chi connectivity index (χ2n) is 6.38. The summed E-state index contributed by atoms with van der Waals surface area (Å²) < 4.78 is 12.8. The highest BCUT2D eigenvalue weighted by Crippen LogP contribution is 2.37. The second kappa shape index (κ2) is 8.25. The molecule has 0 saturated heterocycles. The van der Waals surface area contributed by atoms with Gasteiger partial charge >= 0.3 is 0 Å². The number of amides is 1. The number of rotatable bonds is 7. The Kier molecular flexibility index (Phi) is 6.31. The molecule has 0 spiro atoms. The first-order valence-electron chi connectivity index (χ1n) is 8.05. The number of aromatic nitrogens is 2. The molecule has 1 aromatic carbocycles. The largest absolute Gasteiger partial charge is 0.493 e. The van der Waals surface area contributed by atoms with E-state index in [-0.39, 0.29) is 5.91 Å². The molecule has 0 fully saturated rings. The fourth-order valence-corrected chi connectivity index (χ4v) is 2.62. The summed E-state index contributed by atoms with van der Waals surface area (Å²) in [6.07, 6.45) is 3.61. The van der Waals surface area contributed by atoms with Crippen LogP contribution in [0, 0.1) is 5.92 Å². The van der Waals surface area contributed by atoms with Crippen molar-refractivity contribution in [2.24, 2.45) is 13.0 Å². The number of nitrogens with zero attached hydrogens (tertiary/aromatic N) is 3. The molecule has 0 unspecified atom stereocenters. The third-order valence-corrected chi connectivity index (χ3v) is 3.84. The van der Waals surface area contributed by atoms with Gasteiger partial charge in [-0.15, -0.1) is 0 Å². The standard InChI is InChI=1S/C18H24ClN3O3/c1-12(2)11-25-17-15(19)6-14(7-16(17)24-5)18(23)21(3)9-13-8-20-22(4)10-13/h6-8,10,12H,9,11H2,1-5H3. The minimum atomic E-state index is -0.153. The fraction of sp³-hybridized carbons (Fsp3) is 0.444. The van der Waals surface area contributed by atoms with Crippen molar-refractivity contribution in [1.82, 2.24) is 14.7 Å². The summed E-state index contributed by atoms with van der Waals surface area (Å²) in [7, 11) is 5.10. The second-order valence-corrected chi connectivity index (χ2v) is 6.78. The maximum atomic E-state index is 12.7. The van der Waals surface area contributed by atoms with Crippen molar-refractivity contribution >= 4 is 17.5 Å². The van der Waals surface area contributed by atoms with Gasteiger partial charge in [0.05, 0.1) is 24.9 Å². The van der Waals surface area contributed by atoms with E-state index < -0.39 is 0 Å². The molecular weight excluding hydrogens is 342 g/mol. The average Bonchev–Trinajstić information content (AvgIpc) is 2.96. The van der Waals surface area contributed by atoms with Crippen LogP contribution in [0.4, 0.5) is 0 Å². The fourth-order valence-electron chi connectivity index (χ4n) is 2.35. The molecular formula is C18H24ClN3O3. The number of carbonyl (C=O) groups is 1. The molecule has 0 radical (unpaired) electrons. The lowest BCUT2D eigenvalue weighted by molar-refractivity contribution is 0.0784. The first-order chi connectivity index (χ1) is 11.8. The smallest absolute Gasteiger partial charge is 0.254 e. The van der Waals surface area contributed by atoms with E-state index in [1.165, 1.54) is 7.11 Å². The molecule has 0 aliphatic rings. The Morgan fingerprint density at radius 3 is 2.68 bits per heavy atom. The summed E-state index contributed by atoms with van der Waals surface area (Å²) in [6.45, 7) is 5.07. The number of ether oxygens (including phenoxy) is 2. The molecule has 0 saturated carbocycles. The Bertz CT molecular complexity index is 743. The molecule has 2 rings (SSSR count). The van der Waals surface area contributed by atoms with Gasteiger partial charge in [0.2, 0.25) is 0 Å². The third kappa shape index (κ3) is 4.89. The van der Waals surface area contributed by atoms with Gasteiger partial charge in [-0.1, -0.05) is 25.4 Å². The van der Waals surface area contributed by atoms with Gasteiger partial charge in [-0.3, -0.25) is 9.48 Å². The summed E-state index contributed by atoms with van der Waals surface area (Å²) in [5, 5.41) is 4.47. The normalized spacial score (nSPS) is 10.8. The maximum Gasteiger partial charge on any atom is 0.254 e. The van der Waals surface area contributed by atoms with Gasteiger partial charge < -0.3 is 14.4 Å². The Morgan fingerprint density at radius 2 is 2.12 bits per heavy atom. The molecule has 0 aliphatic carbocycles. The zero-order valence-corrected chi connectivity index (χ0v) is 16.0. The summed E-state index contributed by atoms with van der Waals surface area (Å²) in [6, 6.07) is 3.27. The molecule has 0 atom stereocenters. The molecule has 0 aliphatic heterocycles. The van der Waals surface area contributed by atoms with Crippen LogP contribution < -0.4 is 9.47 Å². The number of aryl methyl sites for hydroxylation is 1. The highest BCUT2D eigenvalue weighted by molar-refractivity contribution is 6.32. The van der Waals surface area contributed by atoms with E-state index in [4.69, 9.17) is 21.1 Å². The molecule has 0 N–H and O–H groups in total. The van der Waals surface area contributed by atoms with E-state index >= 15 is 0 Å². The molecule has 0 bridgehead atoms. The average molecular weight is 366 g/mol. The predicted octanol–water partition coefficient (Wildman–Crippen LogP) is 3.39. The van der Waals surface area contributed by atoms with Crippen LogP contribution in [0.15, 0.2) is 24.5 Å². The number of hydrogen-bond donors (Lipinski definition) is 0. The summed E-state index contributed by atoms with van der Waals surface area (Å²) in [5.41, 5.74) is 1.40. The first kappa shape index (κ1) is 19.1. The van der Waals surface area contributed by atoms with Crippen molar-refractivity contribution in [3.05, 3.63) is 40.7 Å². The van der Waals surface area contributed by atoms with E-state index in [0.29, 0.717) is 41.2 Å². The van der Waals surface area contributed by atoms with Crippen LogP contribution in [-0.2, 0) is 13.6 Å². The van der Waals surface area contributed by atoms with Crippen LogP contribution in [0.2, 0.25) is 5.02 Å². The van der Waals surface area contributed by atoms with Crippen LogP contribution in [0.25, 0.3) is 0 Å². The minimum Gasteiger partial charge on any atom is -0.493 e. The summed E-state index contributed by atoms with van der Waals surface area (Å²) in [5.74, 6) is 1.11. The van der Waals surface area contributed by atoms with Crippen LogP contribution in [0.1, 0.15) is 29.8 Å². The van der Waals surface area contributed by atoms with Crippen LogP contribution in [-0.4, -0.2) is 41.4 Å². The van der Waals surface area contributed by atoms with Gasteiger partial charge in [-0.2, -0.15) is 5.10 Å². The molecule has 1 aromatic heterocycles. The van der Waals surface area contributed by atoms with Gasteiger partial charge in [0.1, 0.15) is 0 Å². The Balaban J connectivity index is 2.20. The van der Waals surface area contributed by atoms with E-state index in [0.717, 1.165) is 5.56 Å². The van der Waals surface area contributed by atoms with Crippen molar-refractivity contribution in [2.75, 3.05) is 20.8 Å². The SMILES string of the molecule is COc1cc(C(=O)N(C)Cc2cnn(C)c2)cc(Cl)c1OCC(C)C. The monoisotopic (exact) mass is 365 g/mol. The van der Waals surface area contributed by atoms with E-state index in [1.54, 1.807) is 35.0 Å². The summed E-state index contributed by atoms with van der Waals surface area (Å²) >= 11 is 6.32. The van der Waals surface area contributed by atoms with Crippen LogP contribution in [0.5, 0.6) is 11.5 Å². The van der Waals surface area contributed by atoms with E-state index in [1.807, 2.05) is 27.1 Å². The lowest BCUT2D eigenvalue weighted by Gasteiger charge is -2.19. The Labute approximate surface area is 153 Å².